The number of carboxylic acid groups (broad SMARTS) is 1. The summed E-state index contributed by atoms with van der Waals surface area (Å²) < 4.78 is 0. The van der Waals surface area contributed by atoms with Gasteiger partial charge in [0.15, 0.2) is 0 Å². The fourth-order valence-corrected chi connectivity index (χ4v) is 3.12. The molecule has 1 N–H and O–H groups in total. The average Bonchev–Trinajstić information content (AvgIpc) is 2.44. The van der Waals surface area contributed by atoms with Crippen molar-refractivity contribution in [2.45, 2.75) is 32.6 Å². The van der Waals surface area contributed by atoms with Crippen LogP contribution < -0.4 is 0 Å². The Morgan fingerprint density at radius 3 is 2.24 bits per heavy atom. The summed E-state index contributed by atoms with van der Waals surface area (Å²) in [6.07, 6.45) is 0. The average molecular weight is 309 g/mol. The van der Waals surface area contributed by atoms with Crippen molar-refractivity contribution in [2.75, 3.05) is 12.8 Å². The molecule has 0 bridgehead atoms. The molecule has 1 unspecified atom stereocenters. The Bertz CT molecular complexity index is 485. The Morgan fingerprint density at radius 1 is 1.24 bits per heavy atom. The highest BCUT2D eigenvalue weighted by molar-refractivity contribution is 8.00. The number of carbonyl (C=O) groups is 2. The normalized spacial score (nSPS) is 12.2. The number of rotatable bonds is 7. The van der Waals surface area contributed by atoms with E-state index in [9.17, 15) is 9.59 Å². The molecule has 1 atom stereocenters. The van der Waals surface area contributed by atoms with Gasteiger partial charge in [0.25, 0.3) is 0 Å². The number of hydrogen-bond acceptors (Lipinski definition) is 3. The van der Waals surface area contributed by atoms with E-state index in [4.69, 9.17) is 5.11 Å². The van der Waals surface area contributed by atoms with Crippen molar-refractivity contribution in [1.29, 1.82) is 0 Å². The zero-order valence-electron chi connectivity index (χ0n) is 13.0. The van der Waals surface area contributed by atoms with Gasteiger partial charge in [0.1, 0.15) is 0 Å². The van der Waals surface area contributed by atoms with Crippen LogP contribution >= 0.6 is 11.8 Å². The highest BCUT2D eigenvalue weighted by Gasteiger charge is 2.25. The molecule has 0 aliphatic heterocycles. The molecule has 1 aromatic rings. The number of amides is 1. The minimum absolute atomic E-state index is 0.0294. The van der Waals surface area contributed by atoms with Gasteiger partial charge in [-0.25, -0.2) is 4.79 Å². The SMILES string of the molecule is CCSC(C(=O)N(C)Cc1ccc(C(=O)O)cc1)C(C)C. The standard InChI is InChI=1S/C16H23NO3S/c1-5-21-14(11(2)3)15(18)17(4)10-12-6-8-13(9-7-12)16(19)20/h6-9,11,14H,5,10H2,1-4H3,(H,19,20). The van der Waals surface area contributed by atoms with Crippen LogP contribution in [0, 0.1) is 5.92 Å². The lowest BCUT2D eigenvalue weighted by molar-refractivity contribution is -0.130. The van der Waals surface area contributed by atoms with E-state index in [1.54, 1.807) is 48.0 Å². The second-order valence-electron chi connectivity index (χ2n) is 5.32. The third kappa shape index (κ3) is 5.08. The molecule has 0 spiro atoms. The summed E-state index contributed by atoms with van der Waals surface area (Å²) in [6, 6.07) is 6.64. The lowest BCUT2D eigenvalue weighted by Crippen LogP contribution is -2.37. The van der Waals surface area contributed by atoms with Crippen molar-refractivity contribution in [3.8, 4) is 0 Å². The molecule has 5 heteroatoms. The first-order valence-electron chi connectivity index (χ1n) is 7.05. The molecule has 0 saturated heterocycles. The fraction of sp³-hybridized carbons (Fsp3) is 0.500. The molecule has 1 rings (SSSR count). The molecular weight excluding hydrogens is 286 g/mol. The molecule has 116 valence electrons. The minimum Gasteiger partial charge on any atom is -0.478 e. The number of thioether (sulfide) groups is 1. The van der Waals surface area contributed by atoms with Gasteiger partial charge in [-0.15, -0.1) is 11.8 Å². The van der Waals surface area contributed by atoms with Gasteiger partial charge in [-0.3, -0.25) is 4.79 Å². The van der Waals surface area contributed by atoms with Crippen molar-refractivity contribution in [2.24, 2.45) is 5.92 Å². The minimum atomic E-state index is -0.940. The van der Waals surface area contributed by atoms with E-state index >= 15 is 0 Å². The van der Waals surface area contributed by atoms with Crippen molar-refractivity contribution in [1.82, 2.24) is 4.90 Å². The van der Waals surface area contributed by atoms with E-state index in [2.05, 4.69) is 20.8 Å². The molecule has 0 saturated carbocycles. The Labute approximate surface area is 130 Å². The summed E-state index contributed by atoms with van der Waals surface area (Å²) in [5.74, 6) is 0.388. The number of carbonyl (C=O) groups excluding carboxylic acids is 1. The van der Waals surface area contributed by atoms with Crippen molar-refractivity contribution in [3.63, 3.8) is 0 Å². The molecule has 0 aliphatic rings. The van der Waals surface area contributed by atoms with E-state index in [1.165, 1.54) is 0 Å². The fourth-order valence-electron chi connectivity index (χ4n) is 2.05. The predicted octanol–water partition coefficient (Wildman–Crippen LogP) is 3.12. The molecule has 1 aromatic carbocycles. The highest BCUT2D eigenvalue weighted by atomic mass is 32.2. The molecule has 1 amide bonds. The number of benzene rings is 1. The molecule has 4 nitrogen and oxygen atoms in total. The summed E-state index contributed by atoms with van der Waals surface area (Å²) in [4.78, 5) is 25.0. The zero-order valence-corrected chi connectivity index (χ0v) is 13.8. The predicted molar refractivity (Wildman–Crippen MR) is 86.6 cm³/mol. The van der Waals surface area contributed by atoms with Crippen LogP contribution in [0.4, 0.5) is 0 Å². The lowest BCUT2D eigenvalue weighted by atomic mass is 10.1. The second kappa shape index (κ2) is 8.08. The summed E-state index contributed by atoms with van der Waals surface area (Å²) >= 11 is 1.67. The van der Waals surface area contributed by atoms with Crippen molar-refractivity contribution in [3.05, 3.63) is 35.4 Å². The van der Waals surface area contributed by atoms with E-state index in [1.807, 2.05) is 0 Å². The Morgan fingerprint density at radius 2 is 1.81 bits per heavy atom. The maximum absolute atomic E-state index is 12.5. The molecule has 0 aliphatic carbocycles. The summed E-state index contributed by atoms with van der Waals surface area (Å²) in [5, 5.41) is 8.84. The maximum atomic E-state index is 12.5. The number of nitrogens with zero attached hydrogens (tertiary/aromatic N) is 1. The van der Waals surface area contributed by atoms with Gasteiger partial charge in [0, 0.05) is 13.6 Å². The molecule has 0 radical (unpaired) electrons. The molecular formula is C16H23NO3S. The van der Waals surface area contributed by atoms with Crippen molar-refractivity contribution < 1.29 is 14.7 Å². The first-order chi connectivity index (χ1) is 9.86. The van der Waals surface area contributed by atoms with Crippen molar-refractivity contribution >= 4 is 23.6 Å². The smallest absolute Gasteiger partial charge is 0.335 e. The number of carboxylic acids is 1. The van der Waals surface area contributed by atoms with Crippen LogP contribution in [0.15, 0.2) is 24.3 Å². The van der Waals surface area contributed by atoms with Gasteiger partial charge < -0.3 is 10.0 Å². The molecule has 0 heterocycles. The highest BCUT2D eigenvalue weighted by Crippen LogP contribution is 2.22. The van der Waals surface area contributed by atoms with E-state index in [0.717, 1.165) is 11.3 Å². The van der Waals surface area contributed by atoms with Gasteiger partial charge in [0.05, 0.1) is 10.8 Å². The van der Waals surface area contributed by atoms with E-state index in [-0.39, 0.29) is 16.7 Å². The largest absolute Gasteiger partial charge is 0.478 e. The van der Waals surface area contributed by atoms with Crippen LogP contribution in [0.2, 0.25) is 0 Å². The van der Waals surface area contributed by atoms with Crippen LogP contribution in [-0.4, -0.2) is 39.9 Å². The number of aromatic carboxylic acids is 1. The molecule has 21 heavy (non-hydrogen) atoms. The van der Waals surface area contributed by atoms with Gasteiger partial charge in [-0.05, 0) is 29.4 Å². The topological polar surface area (TPSA) is 57.6 Å². The lowest BCUT2D eigenvalue weighted by Gasteiger charge is -2.25. The Kier molecular flexibility index (Phi) is 6.75. The first-order valence-corrected chi connectivity index (χ1v) is 8.10. The van der Waals surface area contributed by atoms with Gasteiger partial charge >= 0.3 is 5.97 Å². The summed E-state index contributed by atoms with van der Waals surface area (Å²) in [5.41, 5.74) is 1.19. The Hall–Kier alpha value is -1.49. The monoisotopic (exact) mass is 309 g/mol. The molecule has 0 fully saturated rings. The van der Waals surface area contributed by atoms with E-state index in [0.29, 0.717) is 12.5 Å². The third-order valence-corrected chi connectivity index (χ3v) is 4.63. The van der Waals surface area contributed by atoms with Crippen LogP contribution in [0.25, 0.3) is 0 Å². The number of hydrogen-bond donors (Lipinski definition) is 1. The van der Waals surface area contributed by atoms with Crippen LogP contribution in [0.3, 0.4) is 0 Å². The summed E-state index contributed by atoms with van der Waals surface area (Å²) in [6.45, 7) is 6.66. The van der Waals surface area contributed by atoms with E-state index < -0.39 is 5.97 Å². The van der Waals surface area contributed by atoms with Gasteiger partial charge in [0.2, 0.25) is 5.91 Å². The first kappa shape index (κ1) is 17.6. The van der Waals surface area contributed by atoms with Crippen LogP contribution in [0.5, 0.6) is 0 Å². The second-order valence-corrected chi connectivity index (χ2v) is 6.73. The maximum Gasteiger partial charge on any atom is 0.335 e. The van der Waals surface area contributed by atoms with Crippen LogP contribution in [0.1, 0.15) is 36.7 Å². The van der Waals surface area contributed by atoms with Crippen LogP contribution in [-0.2, 0) is 11.3 Å². The van der Waals surface area contributed by atoms with Gasteiger partial charge in [-0.1, -0.05) is 32.9 Å². The third-order valence-electron chi connectivity index (χ3n) is 3.19. The molecule has 0 aromatic heterocycles. The van der Waals surface area contributed by atoms with Gasteiger partial charge in [-0.2, -0.15) is 0 Å². The Balaban J connectivity index is 2.72. The summed E-state index contributed by atoms with van der Waals surface area (Å²) in [7, 11) is 1.79. The quantitative estimate of drug-likeness (QED) is 0.841. The zero-order chi connectivity index (χ0) is 16.0.